The van der Waals surface area contributed by atoms with Crippen molar-refractivity contribution in [3.63, 3.8) is 0 Å². The third-order valence-corrected chi connectivity index (χ3v) is 1.70. The number of pyridine rings is 2. The van der Waals surface area contributed by atoms with Gasteiger partial charge in [-0.05, 0) is 6.07 Å². The first-order valence-corrected chi connectivity index (χ1v) is 3.72. The summed E-state index contributed by atoms with van der Waals surface area (Å²) in [5.74, 6) is -0.542. The Balaban J connectivity index is 2.69. The molecular formula is C8H4FN3O2. The molecule has 2 rings (SSSR count). The first kappa shape index (κ1) is 8.49. The smallest absolute Gasteiger partial charge is 0.258 e. The van der Waals surface area contributed by atoms with Crippen molar-refractivity contribution in [1.29, 1.82) is 0 Å². The van der Waals surface area contributed by atoms with E-state index in [1.54, 1.807) is 0 Å². The highest BCUT2D eigenvalue weighted by molar-refractivity contribution is 5.76. The second kappa shape index (κ2) is 2.99. The Morgan fingerprint density at radius 2 is 2.00 bits per heavy atom. The van der Waals surface area contributed by atoms with Crippen molar-refractivity contribution in [3.05, 3.63) is 40.5 Å². The van der Waals surface area contributed by atoms with Crippen LogP contribution in [0, 0.1) is 15.9 Å². The van der Waals surface area contributed by atoms with E-state index in [0.717, 1.165) is 18.5 Å². The lowest BCUT2D eigenvalue weighted by molar-refractivity contribution is -0.385. The summed E-state index contributed by atoms with van der Waals surface area (Å²) in [6, 6.07) is 2.39. The summed E-state index contributed by atoms with van der Waals surface area (Å²) in [4.78, 5) is 17.2. The van der Waals surface area contributed by atoms with Gasteiger partial charge in [-0.3, -0.25) is 10.1 Å². The van der Waals surface area contributed by atoms with Crippen LogP contribution in [-0.4, -0.2) is 14.9 Å². The minimum absolute atomic E-state index is 0.176. The van der Waals surface area contributed by atoms with Gasteiger partial charge in [0.1, 0.15) is 12.0 Å². The largest absolute Gasteiger partial charge is 0.288 e. The van der Waals surface area contributed by atoms with Crippen molar-refractivity contribution in [2.24, 2.45) is 0 Å². The van der Waals surface area contributed by atoms with Crippen molar-refractivity contribution < 1.29 is 9.31 Å². The molecule has 6 heteroatoms. The Hall–Kier alpha value is -2.11. The molecule has 0 bridgehead atoms. The molecule has 0 fully saturated rings. The monoisotopic (exact) mass is 193 g/mol. The van der Waals surface area contributed by atoms with E-state index in [0.29, 0.717) is 5.39 Å². The zero-order chi connectivity index (χ0) is 10.1. The number of fused-ring (bicyclic) bond motifs is 1. The number of hydrogen-bond acceptors (Lipinski definition) is 4. The van der Waals surface area contributed by atoms with Crippen molar-refractivity contribution in [3.8, 4) is 0 Å². The van der Waals surface area contributed by atoms with Gasteiger partial charge >= 0.3 is 0 Å². The molecule has 0 aliphatic rings. The minimum Gasteiger partial charge on any atom is -0.258 e. The molecule has 2 heterocycles. The second-order valence-electron chi connectivity index (χ2n) is 2.65. The highest BCUT2D eigenvalue weighted by atomic mass is 19.1. The first-order valence-electron chi connectivity index (χ1n) is 3.72. The van der Waals surface area contributed by atoms with E-state index in [-0.39, 0.29) is 11.3 Å². The van der Waals surface area contributed by atoms with Gasteiger partial charge in [0.05, 0.1) is 11.1 Å². The van der Waals surface area contributed by atoms with Crippen molar-refractivity contribution in [2.45, 2.75) is 0 Å². The van der Waals surface area contributed by atoms with Gasteiger partial charge in [0.25, 0.3) is 5.69 Å². The fourth-order valence-corrected chi connectivity index (χ4v) is 1.09. The molecule has 0 saturated carbocycles. The van der Waals surface area contributed by atoms with E-state index < -0.39 is 10.7 Å². The third-order valence-electron chi connectivity index (χ3n) is 1.70. The van der Waals surface area contributed by atoms with E-state index in [1.165, 1.54) is 6.07 Å². The van der Waals surface area contributed by atoms with Crippen LogP contribution in [0.2, 0.25) is 0 Å². The average Bonchev–Trinajstić information content (AvgIpc) is 2.16. The van der Waals surface area contributed by atoms with Gasteiger partial charge in [-0.25, -0.2) is 14.4 Å². The van der Waals surface area contributed by atoms with Crippen LogP contribution >= 0.6 is 0 Å². The lowest BCUT2D eigenvalue weighted by Gasteiger charge is -1.95. The number of aromatic nitrogens is 2. The van der Waals surface area contributed by atoms with E-state index >= 15 is 0 Å². The lowest BCUT2D eigenvalue weighted by Crippen LogP contribution is -1.91. The van der Waals surface area contributed by atoms with Gasteiger partial charge in [0.15, 0.2) is 5.65 Å². The van der Waals surface area contributed by atoms with Crippen LogP contribution in [-0.2, 0) is 0 Å². The summed E-state index contributed by atoms with van der Waals surface area (Å²) in [5.41, 5.74) is 0.113. The number of nitrogens with zero attached hydrogens (tertiary/aromatic N) is 3. The van der Waals surface area contributed by atoms with Gasteiger partial charge in [0.2, 0.25) is 0 Å². The van der Waals surface area contributed by atoms with Crippen LogP contribution in [0.25, 0.3) is 11.0 Å². The fourth-order valence-electron chi connectivity index (χ4n) is 1.09. The molecule has 5 nitrogen and oxygen atoms in total. The van der Waals surface area contributed by atoms with Crippen LogP contribution in [0.4, 0.5) is 10.1 Å². The van der Waals surface area contributed by atoms with E-state index in [1.807, 2.05) is 0 Å². The van der Waals surface area contributed by atoms with Crippen molar-refractivity contribution >= 4 is 16.7 Å². The summed E-state index contributed by atoms with van der Waals surface area (Å²) >= 11 is 0. The van der Waals surface area contributed by atoms with E-state index in [2.05, 4.69) is 9.97 Å². The van der Waals surface area contributed by atoms with Gasteiger partial charge in [-0.15, -0.1) is 0 Å². The number of halogens is 1. The Morgan fingerprint density at radius 1 is 1.29 bits per heavy atom. The lowest BCUT2D eigenvalue weighted by atomic mass is 10.3. The molecule has 0 aromatic carbocycles. The summed E-state index contributed by atoms with van der Waals surface area (Å²) < 4.78 is 12.7. The molecular weight excluding hydrogens is 189 g/mol. The standard InChI is InChI=1S/C8H4FN3O2/c9-6-1-5-2-7(12(13)14)4-11-8(5)10-3-6/h1-4H. The predicted molar refractivity (Wildman–Crippen MR) is 46.2 cm³/mol. The Morgan fingerprint density at radius 3 is 2.71 bits per heavy atom. The summed E-state index contributed by atoms with van der Waals surface area (Å²) in [6.07, 6.45) is 2.11. The van der Waals surface area contributed by atoms with Gasteiger partial charge in [-0.1, -0.05) is 0 Å². The van der Waals surface area contributed by atoms with Crippen LogP contribution < -0.4 is 0 Å². The maximum Gasteiger partial charge on any atom is 0.288 e. The summed E-state index contributed by atoms with van der Waals surface area (Å²) in [6.45, 7) is 0. The molecule has 70 valence electrons. The molecule has 0 saturated heterocycles. The summed E-state index contributed by atoms with van der Waals surface area (Å²) in [7, 11) is 0. The Bertz CT molecular complexity index is 515. The normalized spacial score (nSPS) is 10.4. The SMILES string of the molecule is O=[N+]([O-])c1cnc2ncc(F)cc2c1. The average molecular weight is 193 g/mol. The molecule has 0 aliphatic carbocycles. The van der Waals surface area contributed by atoms with Gasteiger partial charge < -0.3 is 0 Å². The maximum atomic E-state index is 12.7. The Labute approximate surface area is 77.4 Å². The highest BCUT2D eigenvalue weighted by Gasteiger charge is 2.07. The number of nitro groups is 1. The quantitative estimate of drug-likeness (QED) is 0.510. The molecule has 0 aliphatic heterocycles. The van der Waals surface area contributed by atoms with E-state index in [4.69, 9.17) is 0 Å². The molecule has 2 aromatic heterocycles. The Kier molecular flexibility index (Phi) is 1.81. The summed E-state index contributed by atoms with van der Waals surface area (Å²) in [5, 5.41) is 10.7. The van der Waals surface area contributed by atoms with Crippen LogP contribution in [0.1, 0.15) is 0 Å². The molecule has 0 atom stereocenters. The molecule has 0 radical (unpaired) electrons. The molecule has 0 N–H and O–H groups in total. The first-order chi connectivity index (χ1) is 6.66. The van der Waals surface area contributed by atoms with Gasteiger partial charge in [0, 0.05) is 11.5 Å². The number of hydrogen-bond donors (Lipinski definition) is 0. The second-order valence-corrected chi connectivity index (χ2v) is 2.65. The zero-order valence-electron chi connectivity index (χ0n) is 6.85. The molecule has 2 aromatic rings. The third kappa shape index (κ3) is 1.37. The minimum atomic E-state index is -0.586. The van der Waals surface area contributed by atoms with Crippen LogP contribution in [0.15, 0.2) is 24.5 Å². The number of rotatable bonds is 1. The predicted octanol–water partition coefficient (Wildman–Crippen LogP) is 1.68. The maximum absolute atomic E-state index is 12.7. The molecule has 14 heavy (non-hydrogen) atoms. The van der Waals surface area contributed by atoms with E-state index in [9.17, 15) is 14.5 Å². The van der Waals surface area contributed by atoms with Crippen LogP contribution in [0.3, 0.4) is 0 Å². The fraction of sp³-hybridized carbons (Fsp3) is 0. The molecule has 0 spiro atoms. The topological polar surface area (TPSA) is 68.9 Å². The highest BCUT2D eigenvalue weighted by Crippen LogP contribution is 2.16. The van der Waals surface area contributed by atoms with Gasteiger partial charge in [-0.2, -0.15) is 0 Å². The molecule has 0 amide bonds. The van der Waals surface area contributed by atoms with Crippen molar-refractivity contribution in [1.82, 2.24) is 9.97 Å². The molecule has 0 unspecified atom stereocenters. The van der Waals surface area contributed by atoms with Crippen molar-refractivity contribution in [2.75, 3.05) is 0 Å². The zero-order valence-corrected chi connectivity index (χ0v) is 6.85. The van der Waals surface area contributed by atoms with Crippen LogP contribution in [0.5, 0.6) is 0 Å².